The number of aliphatic hydroxyl groups is 1. The first-order chi connectivity index (χ1) is 9.22. The summed E-state index contributed by atoms with van der Waals surface area (Å²) in [4.78, 5) is 11.9. The van der Waals surface area contributed by atoms with Gasteiger partial charge in [0.2, 0.25) is 0 Å². The van der Waals surface area contributed by atoms with Gasteiger partial charge in [-0.3, -0.25) is 0 Å². The lowest BCUT2D eigenvalue weighted by Gasteiger charge is -2.05. The monoisotopic (exact) mass is 258 g/mol. The first-order valence-corrected chi connectivity index (χ1v) is 5.79. The highest BCUT2D eigenvalue weighted by Crippen LogP contribution is 2.16. The molecule has 2 rings (SSSR count). The topological polar surface area (TPSA) is 55.8 Å². The number of carbonyl (C=O) groups excluding carboxylic acids is 1. The van der Waals surface area contributed by atoms with E-state index in [0.29, 0.717) is 17.1 Å². The fraction of sp³-hybridized carbons (Fsp3) is 0.133. The summed E-state index contributed by atoms with van der Waals surface area (Å²) in [5, 5.41) is 8.92. The number of hydrogen-bond donors (Lipinski definition) is 1. The molecule has 0 unspecified atom stereocenters. The molecule has 98 valence electrons. The van der Waals surface area contributed by atoms with Crippen LogP contribution in [0.4, 0.5) is 0 Å². The molecule has 19 heavy (non-hydrogen) atoms. The summed E-state index contributed by atoms with van der Waals surface area (Å²) < 4.78 is 10.2. The minimum Gasteiger partial charge on any atom is -0.497 e. The van der Waals surface area contributed by atoms with E-state index >= 15 is 0 Å². The van der Waals surface area contributed by atoms with E-state index in [-0.39, 0.29) is 6.61 Å². The number of esters is 1. The van der Waals surface area contributed by atoms with Gasteiger partial charge < -0.3 is 14.6 Å². The van der Waals surface area contributed by atoms with Crippen molar-refractivity contribution in [1.29, 1.82) is 0 Å². The molecule has 0 aliphatic rings. The van der Waals surface area contributed by atoms with Crippen molar-refractivity contribution < 1.29 is 19.4 Å². The second kappa shape index (κ2) is 6.02. The number of hydrogen-bond acceptors (Lipinski definition) is 4. The Bertz CT molecular complexity index is 543. The zero-order valence-corrected chi connectivity index (χ0v) is 10.5. The SMILES string of the molecule is COc1ccc(C(=O)Oc2ccc(CO)cc2)cc1. The quantitative estimate of drug-likeness (QED) is 0.676. The Morgan fingerprint density at radius 3 is 2.11 bits per heavy atom. The van der Waals surface area contributed by atoms with Gasteiger partial charge in [-0.2, -0.15) is 0 Å². The Labute approximate surface area is 111 Å². The van der Waals surface area contributed by atoms with E-state index in [1.54, 1.807) is 55.6 Å². The number of carbonyl (C=O) groups is 1. The van der Waals surface area contributed by atoms with Crippen LogP contribution in [0, 0.1) is 0 Å². The van der Waals surface area contributed by atoms with Crippen molar-refractivity contribution in [3.8, 4) is 11.5 Å². The van der Waals surface area contributed by atoms with Crippen LogP contribution in [0.1, 0.15) is 15.9 Å². The van der Waals surface area contributed by atoms with Crippen LogP contribution in [0.5, 0.6) is 11.5 Å². The van der Waals surface area contributed by atoms with E-state index < -0.39 is 5.97 Å². The summed E-state index contributed by atoms with van der Waals surface area (Å²) in [6.45, 7) is -0.0350. The predicted molar refractivity (Wildman–Crippen MR) is 70.3 cm³/mol. The van der Waals surface area contributed by atoms with Crippen molar-refractivity contribution >= 4 is 5.97 Å². The van der Waals surface area contributed by atoms with E-state index in [1.807, 2.05) is 0 Å². The number of aliphatic hydroxyl groups excluding tert-OH is 1. The van der Waals surface area contributed by atoms with Gasteiger partial charge in [0.05, 0.1) is 19.3 Å². The third-order valence-corrected chi connectivity index (χ3v) is 2.64. The molecule has 2 aromatic rings. The number of ether oxygens (including phenoxy) is 2. The van der Waals surface area contributed by atoms with Gasteiger partial charge >= 0.3 is 5.97 Å². The molecule has 0 saturated heterocycles. The minimum atomic E-state index is -0.431. The highest BCUT2D eigenvalue weighted by molar-refractivity contribution is 5.91. The molecule has 0 saturated carbocycles. The molecule has 4 heteroatoms. The summed E-state index contributed by atoms with van der Waals surface area (Å²) in [5.41, 5.74) is 1.22. The maximum atomic E-state index is 11.9. The van der Waals surface area contributed by atoms with Gasteiger partial charge in [0.15, 0.2) is 0 Å². The third-order valence-electron chi connectivity index (χ3n) is 2.64. The normalized spacial score (nSPS) is 10.0. The van der Waals surface area contributed by atoms with Crippen LogP contribution in [-0.2, 0) is 6.61 Å². The Balaban J connectivity index is 2.06. The molecule has 0 atom stereocenters. The first-order valence-electron chi connectivity index (χ1n) is 5.79. The van der Waals surface area contributed by atoms with Gasteiger partial charge in [-0.1, -0.05) is 12.1 Å². The number of methoxy groups -OCH3 is 1. The molecule has 0 spiro atoms. The maximum Gasteiger partial charge on any atom is 0.343 e. The first kappa shape index (κ1) is 13.1. The van der Waals surface area contributed by atoms with E-state index in [2.05, 4.69) is 0 Å². The fourth-order valence-corrected chi connectivity index (χ4v) is 1.56. The minimum absolute atomic E-state index is 0.0350. The molecule has 4 nitrogen and oxygen atoms in total. The molecule has 0 amide bonds. The van der Waals surface area contributed by atoms with Gasteiger partial charge in [0, 0.05) is 0 Å². The van der Waals surface area contributed by atoms with Crippen LogP contribution >= 0.6 is 0 Å². The molecule has 2 aromatic carbocycles. The van der Waals surface area contributed by atoms with E-state index in [9.17, 15) is 4.79 Å². The van der Waals surface area contributed by atoms with Crippen LogP contribution in [0.3, 0.4) is 0 Å². The maximum absolute atomic E-state index is 11.9. The Kier molecular flexibility index (Phi) is 4.15. The van der Waals surface area contributed by atoms with E-state index in [1.165, 1.54) is 0 Å². The molecule has 0 radical (unpaired) electrons. The molecule has 0 fully saturated rings. The van der Waals surface area contributed by atoms with Gasteiger partial charge in [-0.25, -0.2) is 4.79 Å². The van der Waals surface area contributed by atoms with Crippen molar-refractivity contribution in [3.05, 3.63) is 59.7 Å². The molecule has 0 aliphatic carbocycles. The lowest BCUT2D eigenvalue weighted by atomic mass is 10.2. The molecule has 0 heterocycles. The highest BCUT2D eigenvalue weighted by Gasteiger charge is 2.08. The van der Waals surface area contributed by atoms with Gasteiger partial charge in [-0.05, 0) is 42.0 Å². The number of benzene rings is 2. The van der Waals surface area contributed by atoms with Crippen LogP contribution in [0.25, 0.3) is 0 Å². The van der Waals surface area contributed by atoms with Crippen molar-refractivity contribution in [2.24, 2.45) is 0 Å². The van der Waals surface area contributed by atoms with Crippen LogP contribution in [0.2, 0.25) is 0 Å². The number of rotatable bonds is 4. The molecule has 1 N–H and O–H groups in total. The van der Waals surface area contributed by atoms with E-state index in [4.69, 9.17) is 14.6 Å². The molecule has 0 bridgehead atoms. The molecule has 0 aromatic heterocycles. The summed E-state index contributed by atoms with van der Waals surface area (Å²) in [6, 6.07) is 13.4. The smallest absolute Gasteiger partial charge is 0.343 e. The molecular weight excluding hydrogens is 244 g/mol. The highest BCUT2D eigenvalue weighted by atomic mass is 16.5. The molecular formula is C15H14O4. The summed E-state index contributed by atoms with van der Waals surface area (Å²) >= 11 is 0. The largest absolute Gasteiger partial charge is 0.497 e. The second-order valence-electron chi connectivity index (χ2n) is 3.92. The summed E-state index contributed by atoms with van der Waals surface area (Å²) in [5.74, 6) is 0.696. The van der Waals surface area contributed by atoms with Crippen molar-refractivity contribution in [2.75, 3.05) is 7.11 Å². The zero-order valence-electron chi connectivity index (χ0n) is 10.5. The Hall–Kier alpha value is -2.33. The van der Waals surface area contributed by atoms with Gasteiger partial charge in [-0.15, -0.1) is 0 Å². The Morgan fingerprint density at radius 2 is 1.58 bits per heavy atom. The Morgan fingerprint density at radius 1 is 1.00 bits per heavy atom. The van der Waals surface area contributed by atoms with Crippen molar-refractivity contribution in [2.45, 2.75) is 6.61 Å². The second-order valence-corrected chi connectivity index (χ2v) is 3.92. The van der Waals surface area contributed by atoms with Crippen LogP contribution < -0.4 is 9.47 Å². The summed E-state index contributed by atoms with van der Waals surface area (Å²) in [7, 11) is 1.57. The fourth-order valence-electron chi connectivity index (χ4n) is 1.56. The molecule has 0 aliphatic heterocycles. The lowest BCUT2D eigenvalue weighted by molar-refractivity contribution is 0.0734. The predicted octanol–water partition coefficient (Wildman–Crippen LogP) is 2.41. The lowest BCUT2D eigenvalue weighted by Crippen LogP contribution is -2.08. The summed E-state index contributed by atoms with van der Waals surface area (Å²) in [6.07, 6.45) is 0. The van der Waals surface area contributed by atoms with Crippen molar-refractivity contribution in [1.82, 2.24) is 0 Å². The third kappa shape index (κ3) is 3.33. The average Bonchev–Trinajstić information content (AvgIpc) is 2.48. The standard InChI is InChI=1S/C15H14O4/c1-18-13-8-4-12(5-9-13)15(17)19-14-6-2-11(10-16)3-7-14/h2-9,16H,10H2,1H3. The van der Waals surface area contributed by atoms with Gasteiger partial charge in [0.25, 0.3) is 0 Å². The van der Waals surface area contributed by atoms with Crippen LogP contribution in [-0.4, -0.2) is 18.2 Å². The average molecular weight is 258 g/mol. The van der Waals surface area contributed by atoms with E-state index in [0.717, 1.165) is 5.56 Å². The van der Waals surface area contributed by atoms with Crippen LogP contribution in [0.15, 0.2) is 48.5 Å². The van der Waals surface area contributed by atoms with Crippen molar-refractivity contribution in [3.63, 3.8) is 0 Å². The zero-order chi connectivity index (χ0) is 13.7. The van der Waals surface area contributed by atoms with Gasteiger partial charge in [0.1, 0.15) is 11.5 Å².